The molecule has 0 atom stereocenters. The number of hydrogen-bond donors (Lipinski definition) is 2. The van der Waals surface area contributed by atoms with Crippen LogP contribution in [0, 0.1) is 0 Å². The molecule has 0 unspecified atom stereocenters. The minimum absolute atomic E-state index is 0.0167. The third kappa shape index (κ3) is 4.71. The van der Waals surface area contributed by atoms with Gasteiger partial charge in [0.2, 0.25) is 0 Å². The molecule has 0 saturated heterocycles. The number of carboxylic acids is 1. The summed E-state index contributed by atoms with van der Waals surface area (Å²) in [6, 6.07) is 3.26. The van der Waals surface area contributed by atoms with E-state index in [2.05, 4.69) is 5.32 Å². The first-order valence-corrected chi connectivity index (χ1v) is 7.28. The molecule has 21 heavy (non-hydrogen) atoms. The minimum Gasteiger partial charge on any atom is -0.478 e. The fraction of sp³-hybridized carbons (Fsp3) is 0.357. The number of nitrogens with one attached hydrogen (secondary N) is 1. The Bertz CT molecular complexity index is 564. The number of aliphatic carboxylic acids is 1. The Hall–Kier alpha value is -2.15. The smallest absolute Gasteiger partial charge is 0.331 e. The molecule has 1 rings (SSSR count). The van der Waals surface area contributed by atoms with Gasteiger partial charge in [-0.05, 0) is 32.2 Å². The summed E-state index contributed by atoms with van der Waals surface area (Å²) in [7, 11) is 0. The largest absolute Gasteiger partial charge is 0.478 e. The molecule has 3 amide bonds. The fourth-order valence-electron chi connectivity index (χ4n) is 1.52. The van der Waals surface area contributed by atoms with Crippen LogP contribution in [0.25, 0.3) is 0 Å². The second-order valence-electron chi connectivity index (χ2n) is 4.41. The van der Waals surface area contributed by atoms with Crippen LogP contribution in [0.5, 0.6) is 0 Å². The van der Waals surface area contributed by atoms with E-state index in [1.165, 1.54) is 30.1 Å². The average Bonchev–Trinajstić information content (AvgIpc) is 2.95. The number of nitrogens with zero attached hydrogens (tertiary/aromatic N) is 1. The van der Waals surface area contributed by atoms with Crippen LogP contribution in [0.3, 0.4) is 0 Å². The van der Waals surface area contributed by atoms with Gasteiger partial charge in [0.15, 0.2) is 0 Å². The Morgan fingerprint density at radius 2 is 1.95 bits per heavy atom. The van der Waals surface area contributed by atoms with Gasteiger partial charge in [0.1, 0.15) is 0 Å². The Labute approximate surface area is 127 Å². The first kappa shape index (κ1) is 16.9. The lowest BCUT2D eigenvalue weighted by Crippen LogP contribution is -2.42. The maximum absolute atomic E-state index is 12.0. The summed E-state index contributed by atoms with van der Waals surface area (Å²) >= 11 is 1.52. The minimum atomic E-state index is -1.18. The zero-order chi connectivity index (χ0) is 16.0. The molecule has 1 aromatic heterocycles. The number of carbonyl (C=O) groups is 3. The van der Waals surface area contributed by atoms with Gasteiger partial charge < -0.3 is 10.0 Å². The lowest BCUT2D eigenvalue weighted by molar-refractivity contribution is -0.133. The molecule has 0 aliphatic rings. The van der Waals surface area contributed by atoms with Crippen molar-refractivity contribution in [3.8, 4) is 0 Å². The highest BCUT2D eigenvalue weighted by molar-refractivity contribution is 7.09. The number of thiophene rings is 1. The Balaban J connectivity index is 2.72. The van der Waals surface area contributed by atoms with Crippen molar-refractivity contribution in [3.05, 3.63) is 33.5 Å². The van der Waals surface area contributed by atoms with E-state index in [-0.39, 0.29) is 11.1 Å². The summed E-state index contributed by atoms with van der Waals surface area (Å²) in [5, 5.41) is 13.0. The molecular formula is C14H18N2O4S. The van der Waals surface area contributed by atoms with Crippen LogP contribution in [-0.4, -0.2) is 34.5 Å². The van der Waals surface area contributed by atoms with E-state index >= 15 is 0 Å². The molecule has 0 aliphatic carbocycles. The third-order valence-corrected chi connectivity index (χ3v) is 3.90. The standard InChI is InChI=1S/C14H18N2O4S/c1-4-16(8-11-6-5-7-21-11)14(20)15-12(17)9(2)10(3)13(18)19/h5-7H,4,8H2,1-3H3,(H,18,19)(H,15,17,20). The van der Waals surface area contributed by atoms with Crippen molar-refractivity contribution in [3.63, 3.8) is 0 Å². The third-order valence-electron chi connectivity index (χ3n) is 3.04. The highest BCUT2D eigenvalue weighted by Gasteiger charge is 2.19. The van der Waals surface area contributed by atoms with Crippen LogP contribution in [0.2, 0.25) is 0 Å². The molecule has 0 radical (unpaired) electrons. The van der Waals surface area contributed by atoms with Crippen LogP contribution in [0.15, 0.2) is 28.7 Å². The van der Waals surface area contributed by atoms with Gasteiger partial charge in [-0.15, -0.1) is 11.3 Å². The van der Waals surface area contributed by atoms with Gasteiger partial charge in [-0.2, -0.15) is 0 Å². The van der Waals surface area contributed by atoms with Crippen LogP contribution < -0.4 is 5.32 Å². The molecule has 1 aromatic rings. The van der Waals surface area contributed by atoms with Gasteiger partial charge in [-0.1, -0.05) is 6.07 Å². The maximum atomic E-state index is 12.0. The molecule has 114 valence electrons. The van der Waals surface area contributed by atoms with Gasteiger partial charge in [0.25, 0.3) is 5.91 Å². The Kier molecular flexibility index (Phi) is 6.10. The number of rotatable bonds is 5. The molecule has 0 aliphatic heterocycles. The topological polar surface area (TPSA) is 86.7 Å². The summed E-state index contributed by atoms with van der Waals surface area (Å²) in [4.78, 5) is 37.2. The first-order valence-electron chi connectivity index (χ1n) is 6.40. The number of amides is 3. The summed E-state index contributed by atoms with van der Waals surface area (Å²) in [6.07, 6.45) is 0. The number of urea groups is 1. The predicted octanol–water partition coefficient (Wildman–Crippen LogP) is 2.23. The molecule has 0 saturated carbocycles. The van der Waals surface area contributed by atoms with Crippen LogP contribution in [0.1, 0.15) is 25.6 Å². The molecule has 0 aromatic carbocycles. The number of hydrogen-bond acceptors (Lipinski definition) is 4. The van der Waals surface area contributed by atoms with Gasteiger partial charge in [-0.3, -0.25) is 10.1 Å². The van der Waals surface area contributed by atoms with Crippen molar-refractivity contribution in [2.75, 3.05) is 6.54 Å². The summed E-state index contributed by atoms with van der Waals surface area (Å²) in [5.41, 5.74) is -0.0652. The van der Waals surface area contributed by atoms with Crippen molar-refractivity contribution in [1.82, 2.24) is 10.2 Å². The van der Waals surface area contributed by atoms with E-state index in [1.807, 2.05) is 24.4 Å². The summed E-state index contributed by atoms with van der Waals surface area (Å²) < 4.78 is 0. The van der Waals surface area contributed by atoms with Gasteiger partial charge in [0.05, 0.1) is 6.54 Å². The predicted molar refractivity (Wildman–Crippen MR) is 80.0 cm³/mol. The fourth-order valence-corrected chi connectivity index (χ4v) is 2.24. The number of imide groups is 1. The summed E-state index contributed by atoms with van der Waals surface area (Å²) in [5.74, 6) is -1.87. The molecule has 7 heteroatoms. The van der Waals surface area contributed by atoms with E-state index in [9.17, 15) is 14.4 Å². The van der Waals surface area contributed by atoms with Gasteiger partial charge in [-0.25, -0.2) is 9.59 Å². The van der Waals surface area contributed by atoms with Crippen molar-refractivity contribution >= 4 is 29.2 Å². The average molecular weight is 310 g/mol. The number of carbonyl (C=O) groups excluding carboxylic acids is 2. The monoisotopic (exact) mass is 310 g/mol. The second-order valence-corrected chi connectivity index (χ2v) is 5.44. The normalized spacial score (nSPS) is 11.6. The maximum Gasteiger partial charge on any atom is 0.331 e. The van der Waals surface area contributed by atoms with Gasteiger partial charge in [0, 0.05) is 22.6 Å². The van der Waals surface area contributed by atoms with Crippen LogP contribution in [0.4, 0.5) is 4.79 Å². The Morgan fingerprint density at radius 3 is 2.43 bits per heavy atom. The molecule has 0 bridgehead atoms. The highest BCUT2D eigenvalue weighted by Crippen LogP contribution is 2.12. The second kappa shape index (κ2) is 7.58. The van der Waals surface area contributed by atoms with E-state index in [0.717, 1.165) is 4.88 Å². The van der Waals surface area contributed by atoms with E-state index in [0.29, 0.717) is 13.1 Å². The van der Waals surface area contributed by atoms with E-state index in [4.69, 9.17) is 5.11 Å². The van der Waals surface area contributed by atoms with Crippen molar-refractivity contribution in [2.24, 2.45) is 0 Å². The molecule has 0 fully saturated rings. The van der Waals surface area contributed by atoms with E-state index in [1.54, 1.807) is 0 Å². The zero-order valence-electron chi connectivity index (χ0n) is 12.2. The van der Waals surface area contributed by atoms with Gasteiger partial charge >= 0.3 is 12.0 Å². The molecule has 1 heterocycles. The Morgan fingerprint density at radius 1 is 1.29 bits per heavy atom. The molecule has 6 nitrogen and oxygen atoms in total. The SMILES string of the molecule is CCN(Cc1cccs1)C(=O)NC(=O)C(C)=C(C)C(=O)O. The summed E-state index contributed by atoms with van der Waals surface area (Å²) in [6.45, 7) is 5.36. The van der Waals surface area contributed by atoms with Crippen molar-refractivity contribution < 1.29 is 19.5 Å². The zero-order valence-corrected chi connectivity index (χ0v) is 13.0. The van der Waals surface area contributed by atoms with Crippen LogP contribution in [-0.2, 0) is 16.1 Å². The quantitative estimate of drug-likeness (QED) is 0.816. The van der Waals surface area contributed by atoms with E-state index < -0.39 is 17.9 Å². The number of carboxylic acid groups (broad SMARTS) is 1. The van der Waals surface area contributed by atoms with Crippen LogP contribution >= 0.6 is 11.3 Å². The lowest BCUT2D eigenvalue weighted by atomic mass is 10.1. The van der Waals surface area contributed by atoms with Crippen molar-refractivity contribution in [1.29, 1.82) is 0 Å². The van der Waals surface area contributed by atoms with Crippen molar-refractivity contribution in [2.45, 2.75) is 27.3 Å². The molecular weight excluding hydrogens is 292 g/mol. The lowest BCUT2D eigenvalue weighted by Gasteiger charge is -2.20. The molecule has 2 N–H and O–H groups in total. The highest BCUT2D eigenvalue weighted by atomic mass is 32.1. The first-order chi connectivity index (χ1) is 9.86. The molecule has 0 spiro atoms.